The summed E-state index contributed by atoms with van der Waals surface area (Å²) in [5.74, 6) is 0.436. The maximum Gasteiger partial charge on any atom is 0.238 e. The Bertz CT molecular complexity index is 597. The molecule has 0 radical (unpaired) electrons. The average molecular weight is 272 g/mol. The molecule has 2 atom stereocenters. The van der Waals surface area contributed by atoms with Crippen LogP contribution in [-0.4, -0.2) is 32.6 Å². The van der Waals surface area contributed by atoms with E-state index in [9.17, 15) is 4.79 Å². The van der Waals surface area contributed by atoms with E-state index in [2.05, 4.69) is 43.4 Å². The van der Waals surface area contributed by atoms with Gasteiger partial charge in [-0.2, -0.15) is 5.21 Å². The van der Waals surface area contributed by atoms with Gasteiger partial charge in [0.2, 0.25) is 5.91 Å². The van der Waals surface area contributed by atoms with Crippen molar-refractivity contribution in [3.8, 4) is 0 Å². The summed E-state index contributed by atoms with van der Waals surface area (Å²) in [6.07, 6.45) is 0.695. The van der Waals surface area contributed by atoms with Gasteiger partial charge in [0.25, 0.3) is 0 Å². The highest BCUT2D eigenvalue weighted by atomic mass is 16.2. The third kappa shape index (κ3) is 2.53. The van der Waals surface area contributed by atoms with Gasteiger partial charge < -0.3 is 10.6 Å². The molecule has 7 nitrogen and oxygen atoms in total. The summed E-state index contributed by atoms with van der Waals surface area (Å²) < 4.78 is 0. The van der Waals surface area contributed by atoms with E-state index >= 15 is 0 Å². The molecule has 1 aromatic carbocycles. The van der Waals surface area contributed by atoms with Crippen molar-refractivity contribution in [3.05, 3.63) is 41.2 Å². The van der Waals surface area contributed by atoms with E-state index in [1.165, 1.54) is 11.1 Å². The van der Waals surface area contributed by atoms with E-state index in [1.807, 2.05) is 19.1 Å². The fourth-order valence-electron chi connectivity index (χ4n) is 2.37. The van der Waals surface area contributed by atoms with Crippen LogP contribution in [0.5, 0.6) is 0 Å². The number of aromatic amines is 1. The molecule has 1 aliphatic rings. The molecule has 20 heavy (non-hydrogen) atoms. The minimum atomic E-state index is -0.264. The molecule has 0 fully saturated rings. The molecule has 7 heteroatoms. The van der Waals surface area contributed by atoms with Gasteiger partial charge in [0.05, 0.1) is 12.1 Å². The standard InChI is InChI=1S/C13H16N6O/c1-8(12-16-18-19-17-12)15-13(20)11-6-9-4-2-3-5-10(9)7-14-11/h2-5,8,11,14H,6-7H2,1H3,(H,15,20)(H,16,17,18,19). The number of rotatable bonds is 3. The lowest BCUT2D eigenvalue weighted by Gasteiger charge is -2.26. The van der Waals surface area contributed by atoms with E-state index in [0.717, 1.165) is 0 Å². The number of benzene rings is 1. The Kier molecular flexibility index (Phi) is 3.42. The molecular formula is C13H16N6O. The zero-order valence-corrected chi connectivity index (χ0v) is 11.1. The molecule has 3 N–H and O–H groups in total. The van der Waals surface area contributed by atoms with Crippen LogP contribution in [0.25, 0.3) is 0 Å². The molecular weight excluding hydrogens is 256 g/mol. The van der Waals surface area contributed by atoms with Crippen molar-refractivity contribution in [2.75, 3.05) is 0 Å². The first-order valence-corrected chi connectivity index (χ1v) is 6.58. The van der Waals surface area contributed by atoms with Gasteiger partial charge in [0.1, 0.15) is 0 Å². The highest BCUT2D eigenvalue weighted by Gasteiger charge is 2.25. The highest BCUT2D eigenvalue weighted by Crippen LogP contribution is 2.16. The first kappa shape index (κ1) is 12.7. The van der Waals surface area contributed by atoms with Crippen LogP contribution >= 0.6 is 0 Å². The van der Waals surface area contributed by atoms with Crippen molar-refractivity contribution >= 4 is 5.91 Å². The third-order valence-electron chi connectivity index (χ3n) is 3.51. The minimum Gasteiger partial charge on any atom is -0.345 e. The number of carbonyl (C=O) groups is 1. The van der Waals surface area contributed by atoms with Crippen LogP contribution in [0.4, 0.5) is 0 Å². The maximum absolute atomic E-state index is 12.3. The van der Waals surface area contributed by atoms with Gasteiger partial charge in [-0.15, -0.1) is 10.2 Å². The molecule has 1 amide bonds. The molecule has 1 aromatic heterocycles. The van der Waals surface area contributed by atoms with Crippen molar-refractivity contribution in [3.63, 3.8) is 0 Å². The van der Waals surface area contributed by atoms with Crippen LogP contribution in [0.1, 0.15) is 29.9 Å². The lowest BCUT2D eigenvalue weighted by atomic mass is 9.95. The number of H-pyrrole nitrogens is 1. The van der Waals surface area contributed by atoms with E-state index in [-0.39, 0.29) is 18.0 Å². The molecule has 0 bridgehead atoms. The molecule has 2 unspecified atom stereocenters. The number of nitrogens with zero attached hydrogens (tertiary/aromatic N) is 3. The molecule has 0 spiro atoms. The zero-order chi connectivity index (χ0) is 13.9. The molecule has 0 aliphatic carbocycles. The number of nitrogens with one attached hydrogen (secondary N) is 3. The molecule has 2 heterocycles. The Morgan fingerprint density at radius 3 is 2.95 bits per heavy atom. The number of amides is 1. The molecule has 1 aliphatic heterocycles. The Hall–Kier alpha value is -2.28. The highest BCUT2D eigenvalue weighted by molar-refractivity contribution is 5.82. The van der Waals surface area contributed by atoms with Crippen molar-refractivity contribution in [2.45, 2.75) is 32.0 Å². The van der Waals surface area contributed by atoms with Gasteiger partial charge in [0.15, 0.2) is 5.82 Å². The summed E-state index contributed by atoms with van der Waals surface area (Å²) in [7, 11) is 0. The quantitative estimate of drug-likeness (QED) is 0.736. The van der Waals surface area contributed by atoms with E-state index in [1.54, 1.807) is 0 Å². The largest absolute Gasteiger partial charge is 0.345 e. The molecule has 2 aromatic rings. The average Bonchev–Trinajstić information content (AvgIpc) is 3.01. The molecule has 0 saturated heterocycles. The molecule has 3 rings (SSSR count). The van der Waals surface area contributed by atoms with Crippen molar-refractivity contribution in [1.82, 2.24) is 31.3 Å². The number of carbonyl (C=O) groups excluding carboxylic acids is 1. The van der Waals surface area contributed by atoms with Crippen molar-refractivity contribution < 1.29 is 4.79 Å². The Balaban J connectivity index is 1.64. The first-order valence-electron chi connectivity index (χ1n) is 6.58. The second-order valence-electron chi connectivity index (χ2n) is 4.91. The number of aromatic nitrogens is 4. The minimum absolute atomic E-state index is 0.0446. The van der Waals surface area contributed by atoms with Gasteiger partial charge in [-0.3, -0.25) is 4.79 Å². The summed E-state index contributed by atoms with van der Waals surface area (Å²) in [6.45, 7) is 2.55. The fraction of sp³-hybridized carbons (Fsp3) is 0.385. The first-order chi connectivity index (χ1) is 9.74. The second kappa shape index (κ2) is 5.38. The van der Waals surface area contributed by atoms with Crippen molar-refractivity contribution in [1.29, 1.82) is 0 Å². The lowest BCUT2D eigenvalue weighted by molar-refractivity contribution is -0.124. The summed E-state index contributed by atoms with van der Waals surface area (Å²) in [5.41, 5.74) is 2.47. The maximum atomic E-state index is 12.3. The summed E-state index contributed by atoms with van der Waals surface area (Å²) in [6, 6.07) is 7.68. The Morgan fingerprint density at radius 1 is 1.40 bits per heavy atom. The SMILES string of the molecule is CC(NC(=O)C1Cc2ccccc2CN1)c1nn[nH]n1. The van der Waals surface area contributed by atoms with Crippen LogP contribution in [-0.2, 0) is 17.8 Å². The molecule has 104 valence electrons. The second-order valence-corrected chi connectivity index (χ2v) is 4.91. The number of fused-ring (bicyclic) bond motifs is 1. The van der Waals surface area contributed by atoms with Crippen LogP contribution < -0.4 is 10.6 Å². The van der Waals surface area contributed by atoms with Crippen LogP contribution in [0, 0.1) is 0 Å². The van der Waals surface area contributed by atoms with E-state index in [4.69, 9.17) is 0 Å². The fourth-order valence-corrected chi connectivity index (χ4v) is 2.37. The van der Waals surface area contributed by atoms with Crippen LogP contribution in [0.2, 0.25) is 0 Å². The predicted octanol–water partition coefficient (Wildman–Crippen LogP) is 0.0914. The van der Waals surface area contributed by atoms with Crippen LogP contribution in [0.3, 0.4) is 0 Å². The Labute approximate surface area is 116 Å². The molecule has 0 saturated carbocycles. The smallest absolute Gasteiger partial charge is 0.238 e. The number of tetrazole rings is 1. The normalized spacial score (nSPS) is 19.1. The van der Waals surface area contributed by atoms with E-state index in [0.29, 0.717) is 18.8 Å². The summed E-state index contributed by atoms with van der Waals surface area (Å²) in [5, 5.41) is 19.8. The topological polar surface area (TPSA) is 95.6 Å². The Morgan fingerprint density at radius 2 is 2.20 bits per heavy atom. The van der Waals surface area contributed by atoms with Gasteiger partial charge in [-0.05, 0) is 24.5 Å². The summed E-state index contributed by atoms with van der Waals surface area (Å²) >= 11 is 0. The summed E-state index contributed by atoms with van der Waals surface area (Å²) in [4.78, 5) is 12.3. The van der Waals surface area contributed by atoms with Crippen molar-refractivity contribution in [2.24, 2.45) is 0 Å². The lowest BCUT2D eigenvalue weighted by Crippen LogP contribution is -2.48. The third-order valence-corrected chi connectivity index (χ3v) is 3.51. The number of hydrogen-bond acceptors (Lipinski definition) is 5. The van der Waals surface area contributed by atoms with Gasteiger partial charge in [-0.25, -0.2) is 0 Å². The van der Waals surface area contributed by atoms with Gasteiger partial charge in [0, 0.05) is 6.54 Å². The van der Waals surface area contributed by atoms with Crippen LogP contribution in [0.15, 0.2) is 24.3 Å². The van der Waals surface area contributed by atoms with E-state index < -0.39 is 0 Å². The van der Waals surface area contributed by atoms with Gasteiger partial charge in [-0.1, -0.05) is 29.5 Å². The van der Waals surface area contributed by atoms with Gasteiger partial charge >= 0.3 is 0 Å². The predicted molar refractivity (Wildman–Crippen MR) is 71.5 cm³/mol. The monoisotopic (exact) mass is 272 g/mol. The number of hydrogen-bond donors (Lipinski definition) is 3. The zero-order valence-electron chi connectivity index (χ0n) is 11.1.